The Labute approximate surface area is 115 Å². The van der Waals surface area contributed by atoms with Gasteiger partial charge in [-0.15, -0.1) is 11.3 Å². The smallest absolute Gasteiger partial charge is 0.265 e. The van der Waals surface area contributed by atoms with Crippen LogP contribution >= 0.6 is 38.9 Å². The molecule has 0 atom stereocenters. The second-order valence-electron chi connectivity index (χ2n) is 3.22. The van der Waals surface area contributed by atoms with E-state index in [9.17, 15) is 9.90 Å². The number of thiophene rings is 1. The fourth-order valence-electron chi connectivity index (χ4n) is 1.22. The van der Waals surface area contributed by atoms with Crippen LogP contribution in [-0.2, 0) is 0 Å². The van der Waals surface area contributed by atoms with Crippen molar-refractivity contribution in [2.45, 2.75) is 0 Å². The lowest BCUT2D eigenvalue weighted by molar-refractivity contribution is 0.103. The molecule has 1 aromatic carbocycles. The molecule has 0 fully saturated rings. The average molecular weight is 333 g/mol. The third-order valence-corrected chi connectivity index (χ3v) is 3.94. The van der Waals surface area contributed by atoms with Gasteiger partial charge < -0.3 is 10.4 Å². The summed E-state index contributed by atoms with van der Waals surface area (Å²) in [5.41, 5.74) is 0.501. The van der Waals surface area contributed by atoms with Crippen LogP contribution in [0.25, 0.3) is 0 Å². The van der Waals surface area contributed by atoms with Gasteiger partial charge in [0.15, 0.2) is 0 Å². The molecule has 0 aliphatic carbocycles. The monoisotopic (exact) mass is 331 g/mol. The quantitative estimate of drug-likeness (QED) is 0.869. The second kappa shape index (κ2) is 5.08. The number of carbonyl (C=O) groups excluding carboxylic acids is 1. The van der Waals surface area contributed by atoms with E-state index in [1.807, 2.05) is 0 Å². The van der Waals surface area contributed by atoms with E-state index in [-0.39, 0.29) is 16.7 Å². The SMILES string of the molecule is O=C(Nc1ccc(Cl)c(O)c1)c1ccc(Br)s1. The first-order valence-corrected chi connectivity index (χ1v) is 6.60. The molecule has 0 spiro atoms. The molecule has 2 aromatic rings. The average Bonchev–Trinajstić information content (AvgIpc) is 2.70. The van der Waals surface area contributed by atoms with Crippen molar-refractivity contribution in [1.82, 2.24) is 0 Å². The second-order valence-corrected chi connectivity index (χ2v) is 6.09. The predicted octanol–water partition coefficient (Wildman–Crippen LogP) is 4.12. The van der Waals surface area contributed by atoms with E-state index in [2.05, 4.69) is 21.2 Å². The van der Waals surface area contributed by atoms with Crippen LogP contribution in [0.4, 0.5) is 5.69 Å². The Kier molecular flexibility index (Phi) is 3.71. The lowest BCUT2D eigenvalue weighted by Gasteiger charge is -2.04. The number of amides is 1. The minimum atomic E-state index is -0.220. The molecule has 3 nitrogen and oxygen atoms in total. The van der Waals surface area contributed by atoms with E-state index in [0.717, 1.165) is 3.79 Å². The van der Waals surface area contributed by atoms with Crippen molar-refractivity contribution in [2.24, 2.45) is 0 Å². The van der Waals surface area contributed by atoms with Crippen molar-refractivity contribution in [3.05, 3.63) is 44.0 Å². The standard InChI is InChI=1S/C11H7BrClNO2S/c12-10-4-3-9(17-10)11(16)14-6-1-2-7(13)8(15)5-6/h1-5,15H,(H,14,16). The maximum Gasteiger partial charge on any atom is 0.265 e. The zero-order chi connectivity index (χ0) is 12.4. The summed E-state index contributed by atoms with van der Waals surface area (Å²) in [6.45, 7) is 0. The Hall–Kier alpha value is -1.04. The van der Waals surface area contributed by atoms with Crippen molar-refractivity contribution < 1.29 is 9.90 Å². The summed E-state index contributed by atoms with van der Waals surface area (Å²) in [5, 5.41) is 12.3. The van der Waals surface area contributed by atoms with Crippen LogP contribution in [0, 0.1) is 0 Å². The number of phenols is 1. The number of rotatable bonds is 2. The maximum atomic E-state index is 11.8. The molecule has 2 rings (SSSR count). The van der Waals surface area contributed by atoms with Crippen LogP contribution in [0.3, 0.4) is 0 Å². The van der Waals surface area contributed by atoms with E-state index in [4.69, 9.17) is 11.6 Å². The van der Waals surface area contributed by atoms with E-state index in [1.165, 1.54) is 23.5 Å². The van der Waals surface area contributed by atoms with Crippen molar-refractivity contribution in [3.63, 3.8) is 0 Å². The van der Waals surface area contributed by atoms with Gasteiger partial charge in [0.2, 0.25) is 0 Å². The fourth-order valence-corrected chi connectivity index (χ4v) is 2.62. The highest BCUT2D eigenvalue weighted by molar-refractivity contribution is 9.11. The van der Waals surface area contributed by atoms with Crippen LogP contribution < -0.4 is 5.32 Å². The largest absolute Gasteiger partial charge is 0.506 e. The number of carbonyl (C=O) groups is 1. The number of benzene rings is 1. The van der Waals surface area contributed by atoms with E-state index in [0.29, 0.717) is 10.6 Å². The van der Waals surface area contributed by atoms with Crippen molar-refractivity contribution >= 4 is 50.5 Å². The molecule has 0 aliphatic heterocycles. The Morgan fingerprint density at radius 2 is 2.12 bits per heavy atom. The highest BCUT2D eigenvalue weighted by Crippen LogP contribution is 2.27. The van der Waals surface area contributed by atoms with Gasteiger partial charge in [-0.05, 0) is 40.2 Å². The summed E-state index contributed by atoms with van der Waals surface area (Å²) in [5.74, 6) is -0.278. The topological polar surface area (TPSA) is 49.3 Å². The third kappa shape index (κ3) is 3.00. The third-order valence-electron chi connectivity index (χ3n) is 2.00. The first kappa shape index (κ1) is 12.4. The summed E-state index contributed by atoms with van der Waals surface area (Å²) in [6, 6.07) is 8.08. The highest BCUT2D eigenvalue weighted by Gasteiger charge is 2.09. The van der Waals surface area contributed by atoms with Crippen LogP contribution in [0.2, 0.25) is 5.02 Å². The predicted molar refractivity (Wildman–Crippen MR) is 73.1 cm³/mol. The number of aromatic hydroxyl groups is 1. The number of phenolic OH excluding ortho intramolecular Hbond substituents is 1. The first-order valence-electron chi connectivity index (χ1n) is 4.61. The summed E-state index contributed by atoms with van der Waals surface area (Å²) in [4.78, 5) is 12.4. The van der Waals surface area contributed by atoms with Crippen LogP contribution in [-0.4, -0.2) is 11.0 Å². The van der Waals surface area contributed by atoms with Crippen LogP contribution in [0.5, 0.6) is 5.75 Å². The van der Waals surface area contributed by atoms with Gasteiger partial charge in [-0.1, -0.05) is 11.6 Å². The minimum Gasteiger partial charge on any atom is -0.506 e. The van der Waals surface area contributed by atoms with Crippen molar-refractivity contribution in [3.8, 4) is 5.75 Å². The first-order chi connectivity index (χ1) is 8.06. The molecule has 2 N–H and O–H groups in total. The van der Waals surface area contributed by atoms with Gasteiger partial charge in [-0.25, -0.2) is 0 Å². The molecular formula is C11H7BrClNO2S. The molecule has 1 heterocycles. The molecule has 88 valence electrons. The molecule has 0 saturated heterocycles. The summed E-state index contributed by atoms with van der Waals surface area (Å²) >= 11 is 10.3. The lowest BCUT2D eigenvalue weighted by atomic mass is 10.3. The number of anilines is 1. The van der Waals surface area contributed by atoms with Gasteiger partial charge in [-0.2, -0.15) is 0 Å². The molecule has 1 amide bonds. The molecule has 17 heavy (non-hydrogen) atoms. The Morgan fingerprint density at radius 1 is 1.35 bits per heavy atom. The number of hydrogen-bond donors (Lipinski definition) is 2. The van der Waals surface area contributed by atoms with Crippen molar-refractivity contribution in [2.75, 3.05) is 5.32 Å². The van der Waals surface area contributed by atoms with Gasteiger partial charge in [0, 0.05) is 11.8 Å². The molecule has 1 aromatic heterocycles. The van der Waals surface area contributed by atoms with Gasteiger partial charge >= 0.3 is 0 Å². The molecule has 0 radical (unpaired) electrons. The lowest BCUT2D eigenvalue weighted by Crippen LogP contribution is -2.09. The molecule has 0 bridgehead atoms. The van der Waals surface area contributed by atoms with E-state index in [1.54, 1.807) is 18.2 Å². The van der Waals surface area contributed by atoms with Gasteiger partial charge in [0.05, 0.1) is 13.7 Å². The van der Waals surface area contributed by atoms with Crippen LogP contribution in [0.15, 0.2) is 34.1 Å². The minimum absolute atomic E-state index is 0.0585. The van der Waals surface area contributed by atoms with Crippen LogP contribution in [0.1, 0.15) is 9.67 Å². The molecule has 0 unspecified atom stereocenters. The zero-order valence-electron chi connectivity index (χ0n) is 8.41. The Bertz CT molecular complexity index is 570. The molecule has 0 saturated carbocycles. The summed E-state index contributed by atoms with van der Waals surface area (Å²) in [7, 11) is 0. The number of halogens is 2. The van der Waals surface area contributed by atoms with Crippen molar-refractivity contribution in [1.29, 1.82) is 0 Å². The van der Waals surface area contributed by atoms with E-state index < -0.39 is 0 Å². The Morgan fingerprint density at radius 3 is 2.71 bits per heavy atom. The molecular weight excluding hydrogens is 326 g/mol. The highest BCUT2D eigenvalue weighted by atomic mass is 79.9. The Balaban J connectivity index is 2.15. The summed E-state index contributed by atoms with van der Waals surface area (Å²) < 4.78 is 0.890. The van der Waals surface area contributed by atoms with Gasteiger partial charge in [0.25, 0.3) is 5.91 Å². The van der Waals surface area contributed by atoms with Gasteiger partial charge in [-0.3, -0.25) is 4.79 Å². The summed E-state index contributed by atoms with van der Waals surface area (Å²) in [6.07, 6.45) is 0. The van der Waals surface area contributed by atoms with Gasteiger partial charge in [0.1, 0.15) is 5.75 Å². The maximum absolute atomic E-state index is 11.8. The molecule has 6 heteroatoms. The van der Waals surface area contributed by atoms with E-state index >= 15 is 0 Å². The number of nitrogens with one attached hydrogen (secondary N) is 1. The zero-order valence-corrected chi connectivity index (χ0v) is 11.6. The normalized spacial score (nSPS) is 10.2. The number of hydrogen-bond acceptors (Lipinski definition) is 3. The molecule has 0 aliphatic rings. The fraction of sp³-hybridized carbons (Fsp3) is 0.